The van der Waals surface area contributed by atoms with Gasteiger partial charge in [-0.2, -0.15) is 0 Å². The summed E-state index contributed by atoms with van der Waals surface area (Å²) in [5.41, 5.74) is 0. The van der Waals surface area contributed by atoms with Gasteiger partial charge in [0.1, 0.15) is 6.04 Å². The fourth-order valence-electron chi connectivity index (χ4n) is 2.86. The Labute approximate surface area is 101 Å². The molecule has 96 valence electrons. The molecule has 5 nitrogen and oxygen atoms in total. The quantitative estimate of drug-likeness (QED) is 0.713. The fraction of sp³-hybridized carbons (Fsp3) is 0.833. The fourth-order valence-corrected chi connectivity index (χ4v) is 2.86. The van der Waals surface area contributed by atoms with Crippen LogP contribution in [0.3, 0.4) is 0 Å². The second kappa shape index (κ2) is 5.04. The number of likely N-dealkylation sites (tertiary alicyclic amines) is 1. The first kappa shape index (κ1) is 12.4. The zero-order valence-corrected chi connectivity index (χ0v) is 10.4. The van der Waals surface area contributed by atoms with Crippen molar-refractivity contribution in [1.29, 1.82) is 0 Å². The van der Waals surface area contributed by atoms with Gasteiger partial charge >= 0.3 is 5.97 Å². The molecule has 0 aromatic rings. The number of fused-ring (bicyclic) bond motifs is 1. The van der Waals surface area contributed by atoms with Crippen molar-refractivity contribution in [2.45, 2.75) is 38.8 Å². The van der Waals surface area contributed by atoms with E-state index in [1.54, 1.807) is 0 Å². The number of nitrogens with zero attached hydrogens (tertiary/aromatic N) is 1. The summed E-state index contributed by atoms with van der Waals surface area (Å²) in [7, 11) is 0. The molecule has 1 N–H and O–H groups in total. The molecule has 0 bridgehead atoms. The lowest BCUT2D eigenvalue weighted by atomic mass is 9.90. The Hall–Kier alpha value is -1.10. The molecule has 3 atom stereocenters. The van der Waals surface area contributed by atoms with E-state index in [4.69, 9.17) is 4.74 Å². The van der Waals surface area contributed by atoms with E-state index < -0.39 is 0 Å². The molecule has 2 fully saturated rings. The predicted octanol–water partition coefficient (Wildman–Crippen LogP) is 0.148. The van der Waals surface area contributed by atoms with Crippen molar-refractivity contribution < 1.29 is 14.3 Å². The van der Waals surface area contributed by atoms with Crippen LogP contribution >= 0.6 is 0 Å². The summed E-state index contributed by atoms with van der Waals surface area (Å²) >= 11 is 0. The van der Waals surface area contributed by atoms with Crippen molar-refractivity contribution in [2.24, 2.45) is 5.92 Å². The summed E-state index contributed by atoms with van der Waals surface area (Å²) in [4.78, 5) is 25.5. The minimum absolute atomic E-state index is 0.0561. The number of amides is 1. The second-order valence-electron chi connectivity index (χ2n) is 4.73. The summed E-state index contributed by atoms with van der Waals surface area (Å²) in [6.07, 6.45) is 1.90. The van der Waals surface area contributed by atoms with Crippen LogP contribution < -0.4 is 5.32 Å². The summed E-state index contributed by atoms with van der Waals surface area (Å²) in [5.74, 6) is 0.00360. The van der Waals surface area contributed by atoms with E-state index in [1.807, 2.05) is 13.8 Å². The minimum atomic E-state index is -0.254. The third-order valence-electron chi connectivity index (χ3n) is 3.77. The SMILES string of the molecule is CCOC(=O)C(C)N1CCCC2C(=O)NCC21. The average Bonchev–Trinajstić information content (AvgIpc) is 2.71. The first-order valence-electron chi connectivity index (χ1n) is 6.35. The molecule has 5 heteroatoms. The van der Waals surface area contributed by atoms with E-state index >= 15 is 0 Å². The highest BCUT2D eigenvalue weighted by atomic mass is 16.5. The molecular formula is C12H20N2O3. The van der Waals surface area contributed by atoms with Gasteiger partial charge in [-0.15, -0.1) is 0 Å². The van der Waals surface area contributed by atoms with Crippen molar-refractivity contribution in [3.05, 3.63) is 0 Å². The Morgan fingerprint density at radius 1 is 1.65 bits per heavy atom. The topological polar surface area (TPSA) is 58.6 Å². The zero-order valence-electron chi connectivity index (χ0n) is 10.4. The van der Waals surface area contributed by atoms with Gasteiger partial charge in [-0.25, -0.2) is 0 Å². The molecule has 2 saturated heterocycles. The molecule has 17 heavy (non-hydrogen) atoms. The largest absolute Gasteiger partial charge is 0.465 e. The molecule has 2 rings (SSSR count). The van der Waals surface area contributed by atoms with Crippen LogP contribution in [0.4, 0.5) is 0 Å². The van der Waals surface area contributed by atoms with E-state index in [0.29, 0.717) is 13.2 Å². The van der Waals surface area contributed by atoms with Gasteiger partial charge in [-0.05, 0) is 33.2 Å². The lowest BCUT2D eigenvalue weighted by Crippen LogP contribution is -2.52. The Kier molecular flexibility index (Phi) is 3.66. The van der Waals surface area contributed by atoms with Gasteiger partial charge in [0, 0.05) is 12.6 Å². The van der Waals surface area contributed by atoms with Crippen molar-refractivity contribution in [3.63, 3.8) is 0 Å². The monoisotopic (exact) mass is 240 g/mol. The van der Waals surface area contributed by atoms with Gasteiger partial charge in [0.2, 0.25) is 5.91 Å². The summed E-state index contributed by atoms with van der Waals surface area (Å²) in [6.45, 7) is 5.61. The van der Waals surface area contributed by atoms with Crippen LogP contribution in [0.25, 0.3) is 0 Å². The Morgan fingerprint density at radius 2 is 2.41 bits per heavy atom. The molecule has 3 unspecified atom stereocenters. The standard InChI is InChI=1S/C12H20N2O3/c1-3-17-12(16)8(2)14-6-4-5-9-10(14)7-13-11(9)15/h8-10H,3-7H2,1-2H3,(H,13,15). The maximum atomic E-state index is 11.7. The predicted molar refractivity (Wildman–Crippen MR) is 62.3 cm³/mol. The Morgan fingerprint density at radius 3 is 3.12 bits per heavy atom. The molecule has 0 aliphatic carbocycles. The number of rotatable bonds is 3. The van der Waals surface area contributed by atoms with E-state index in [1.165, 1.54) is 0 Å². The number of carbonyl (C=O) groups excluding carboxylic acids is 2. The molecule has 2 aliphatic rings. The third-order valence-corrected chi connectivity index (χ3v) is 3.77. The van der Waals surface area contributed by atoms with Gasteiger partial charge in [-0.1, -0.05) is 0 Å². The number of esters is 1. The molecule has 0 aromatic carbocycles. The first-order chi connectivity index (χ1) is 8.15. The normalized spacial score (nSPS) is 30.6. The molecule has 0 saturated carbocycles. The van der Waals surface area contributed by atoms with Crippen molar-refractivity contribution >= 4 is 11.9 Å². The van der Waals surface area contributed by atoms with Crippen LogP contribution in [-0.4, -0.2) is 48.6 Å². The van der Waals surface area contributed by atoms with Crippen molar-refractivity contribution in [1.82, 2.24) is 10.2 Å². The zero-order chi connectivity index (χ0) is 12.4. The van der Waals surface area contributed by atoms with Gasteiger partial charge in [-0.3, -0.25) is 14.5 Å². The van der Waals surface area contributed by atoms with E-state index in [9.17, 15) is 9.59 Å². The highest BCUT2D eigenvalue weighted by Crippen LogP contribution is 2.28. The van der Waals surface area contributed by atoms with Crippen LogP contribution in [0.5, 0.6) is 0 Å². The molecule has 0 radical (unpaired) electrons. The molecule has 0 spiro atoms. The van der Waals surface area contributed by atoms with Crippen LogP contribution in [0, 0.1) is 5.92 Å². The molecule has 0 aromatic heterocycles. The molecule has 2 heterocycles. The maximum Gasteiger partial charge on any atom is 0.323 e. The number of hydrogen-bond acceptors (Lipinski definition) is 4. The molecule has 2 aliphatic heterocycles. The van der Waals surface area contributed by atoms with Gasteiger partial charge < -0.3 is 10.1 Å². The highest BCUT2D eigenvalue weighted by Gasteiger charge is 2.43. The number of hydrogen-bond donors (Lipinski definition) is 1. The number of nitrogens with one attached hydrogen (secondary N) is 1. The van der Waals surface area contributed by atoms with Crippen molar-refractivity contribution in [2.75, 3.05) is 19.7 Å². The Balaban J connectivity index is 2.05. The van der Waals surface area contributed by atoms with Crippen LogP contribution in [0.2, 0.25) is 0 Å². The lowest BCUT2D eigenvalue weighted by molar-refractivity contribution is -0.151. The summed E-state index contributed by atoms with van der Waals surface area (Å²) in [5, 5.41) is 2.88. The number of ether oxygens (including phenoxy) is 1. The lowest BCUT2D eigenvalue weighted by Gasteiger charge is -2.38. The summed E-state index contributed by atoms with van der Waals surface area (Å²) in [6, 6.07) is -0.0916. The summed E-state index contributed by atoms with van der Waals surface area (Å²) < 4.78 is 5.05. The van der Waals surface area contributed by atoms with Gasteiger partial charge in [0.15, 0.2) is 0 Å². The van der Waals surface area contributed by atoms with Gasteiger partial charge in [0.25, 0.3) is 0 Å². The van der Waals surface area contributed by atoms with Crippen LogP contribution in [0.15, 0.2) is 0 Å². The highest BCUT2D eigenvalue weighted by molar-refractivity contribution is 5.82. The molecular weight excluding hydrogens is 220 g/mol. The van der Waals surface area contributed by atoms with Crippen LogP contribution in [0.1, 0.15) is 26.7 Å². The van der Waals surface area contributed by atoms with E-state index in [-0.39, 0.29) is 29.9 Å². The number of piperidine rings is 1. The molecule has 1 amide bonds. The minimum Gasteiger partial charge on any atom is -0.465 e. The van der Waals surface area contributed by atoms with Crippen molar-refractivity contribution in [3.8, 4) is 0 Å². The number of carbonyl (C=O) groups is 2. The maximum absolute atomic E-state index is 11.7. The van der Waals surface area contributed by atoms with Crippen LogP contribution in [-0.2, 0) is 14.3 Å². The van der Waals surface area contributed by atoms with E-state index in [2.05, 4.69) is 10.2 Å². The second-order valence-corrected chi connectivity index (χ2v) is 4.73. The van der Waals surface area contributed by atoms with Gasteiger partial charge in [0.05, 0.1) is 12.5 Å². The smallest absolute Gasteiger partial charge is 0.323 e. The average molecular weight is 240 g/mol. The third kappa shape index (κ3) is 2.29. The first-order valence-corrected chi connectivity index (χ1v) is 6.35. The van der Waals surface area contributed by atoms with E-state index in [0.717, 1.165) is 19.4 Å². The Bertz CT molecular complexity index is 319.